The number of ether oxygens (including phenoxy) is 3. The van der Waals surface area contributed by atoms with Gasteiger partial charge in [0.2, 0.25) is 11.7 Å². The molecule has 0 radical (unpaired) electrons. The summed E-state index contributed by atoms with van der Waals surface area (Å²) in [5, 5.41) is 2.39. The molecule has 3 heterocycles. The molecule has 0 amide bonds. The van der Waals surface area contributed by atoms with Crippen molar-refractivity contribution in [2.45, 2.75) is 0 Å². The van der Waals surface area contributed by atoms with Gasteiger partial charge in [-0.2, -0.15) is 0 Å². The highest BCUT2D eigenvalue weighted by atomic mass is 16.6. The van der Waals surface area contributed by atoms with Crippen LogP contribution in [0.2, 0.25) is 0 Å². The maximum Gasteiger partial charge on any atom is 0.347 e. The number of pyridine rings is 1. The number of hydrazine groups is 1. The SMILES string of the molecule is COCCOC(=O)C1=C(NN(C)C)O/C(=C\c2c[nH]c3ncccc23)C1=O. The van der Waals surface area contributed by atoms with E-state index in [9.17, 15) is 9.59 Å². The molecule has 9 heteroatoms. The minimum Gasteiger partial charge on any atom is -0.459 e. The van der Waals surface area contributed by atoms with Crippen LogP contribution < -0.4 is 5.43 Å². The number of Topliss-reactive ketones (excluding diaryl/α,β-unsaturated/α-hetero) is 1. The highest BCUT2D eigenvalue weighted by Gasteiger charge is 2.37. The standard InChI is InChI=1S/C18H20N4O5/c1-22(2)21-17-14(18(24)26-8-7-25-3)15(23)13(27-17)9-11-10-20-16-12(11)5-4-6-19-16/h4-6,9-10,21H,7-8H2,1-3H3,(H,19,20)/b13-9-. The number of methoxy groups -OCH3 is 1. The number of hydrogen-bond donors (Lipinski definition) is 2. The van der Waals surface area contributed by atoms with Crippen LogP contribution in [0, 0.1) is 0 Å². The molecule has 0 aliphatic carbocycles. The van der Waals surface area contributed by atoms with Crippen molar-refractivity contribution in [3.8, 4) is 0 Å². The van der Waals surface area contributed by atoms with Crippen LogP contribution in [0.3, 0.4) is 0 Å². The fraction of sp³-hybridized carbons (Fsp3) is 0.278. The molecule has 2 N–H and O–H groups in total. The molecule has 142 valence electrons. The summed E-state index contributed by atoms with van der Waals surface area (Å²) in [5.41, 5.74) is 4.04. The van der Waals surface area contributed by atoms with Gasteiger partial charge in [0.1, 0.15) is 12.3 Å². The van der Waals surface area contributed by atoms with Crippen LogP contribution in [0.1, 0.15) is 5.56 Å². The zero-order chi connectivity index (χ0) is 19.4. The summed E-state index contributed by atoms with van der Waals surface area (Å²) in [6, 6.07) is 3.67. The lowest BCUT2D eigenvalue weighted by molar-refractivity contribution is -0.141. The van der Waals surface area contributed by atoms with Gasteiger partial charge < -0.3 is 19.2 Å². The molecule has 2 aromatic heterocycles. The molecule has 0 bridgehead atoms. The van der Waals surface area contributed by atoms with Gasteiger partial charge >= 0.3 is 5.97 Å². The minimum absolute atomic E-state index is 0.0165. The van der Waals surface area contributed by atoms with Crippen LogP contribution in [0.25, 0.3) is 17.1 Å². The van der Waals surface area contributed by atoms with Crippen molar-refractivity contribution in [3.05, 3.63) is 47.3 Å². The molecule has 3 rings (SSSR count). The predicted molar refractivity (Wildman–Crippen MR) is 96.8 cm³/mol. The average molecular weight is 372 g/mol. The van der Waals surface area contributed by atoms with E-state index in [0.717, 1.165) is 10.9 Å². The van der Waals surface area contributed by atoms with E-state index in [0.29, 0.717) is 5.65 Å². The topological polar surface area (TPSA) is 106 Å². The van der Waals surface area contributed by atoms with Crippen LogP contribution in [-0.2, 0) is 23.8 Å². The second-order valence-corrected chi connectivity index (χ2v) is 5.92. The van der Waals surface area contributed by atoms with Gasteiger partial charge in [-0.05, 0) is 18.2 Å². The summed E-state index contributed by atoms with van der Waals surface area (Å²) in [7, 11) is 4.91. The van der Waals surface area contributed by atoms with Crippen LogP contribution in [0.5, 0.6) is 0 Å². The Hall–Kier alpha value is -3.17. The van der Waals surface area contributed by atoms with Crippen molar-refractivity contribution in [2.24, 2.45) is 0 Å². The monoisotopic (exact) mass is 372 g/mol. The molecule has 0 saturated carbocycles. The van der Waals surface area contributed by atoms with E-state index in [1.165, 1.54) is 7.11 Å². The Labute approximate surface area is 155 Å². The molecule has 0 spiro atoms. The number of aromatic nitrogens is 2. The molecule has 9 nitrogen and oxygen atoms in total. The van der Waals surface area contributed by atoms with Crippen LogP contribution >= 0.6 is 0 Å². The number of nitrogens with zero attached hydrogens (tertiary/aromatic N) is 2. The molecular weight excluding hydrogens is 352 g/mol. The molecule has 0 atom stereocenters. The highest BCUT2D eigenvalue weighted by Crippen LogP contribution is 2.28. The molecular formula is C18H20N4O5. The van der Waals surface area contributed by atoms with Crippen molar-refractivity contribution >= 4 is 28.9 Å². The second kappa shape index (κ2) is 8.02. The summed E-state index contributed by atoms with van der Waals surface area (Å²) in [4.78, 5) is 32.3. The first kappa shape index (κ1) is 18.6. The number of fused-ring (bicyclic) bond motifs is 1. The number of rotatable bonds is 7. The van der Waals surface area contributed by atoms with Crippen molar-refractivity contribution < 1.29 is 23.8 Å². The fourth-order valence-corrected chi connectivity index (χ4v) is 2.52. The first-order valence-electron chi connectivity index (χ1n) is 8.22. The van der Waals surface area contributed by atoms with E-state index in [-0.39, 0.29) is 30.4 Å². The molecule has 0 aromatic carbocycles. The van der Waals surface area contributed by atoms with Gasteiger partial charge in [0.25, 0.3) is 0 Å². The van der Waals surface area contributed by atoms with Crippen molar-refractivity contribution in [1.82, 2.24) is 20.4 Å². The van der Waals surface area contributed by atoms with Gasteiger partial charge in [-0.1, -0.05) is 0 Å². The maximum absolute atomic E-state index is 12.8. The number of aromatic amines is 1. The number of allylic oxidation sites excluding steroid dienone is 1. The van der Waals surface area contributed by atoms with Gasteiger partial charge in [-0.3, -0.25) is 10.2 Å². The zero-order valence-electron chi connectivity index (χ0n) is 15.2. The zero-order valence-corrected chi connectivity index (χ0v) is 15.2. The van der Waals surface area contributed by atoms with Crippen LogP contribution in [-0.4, -0.2) is 61.1 Å². The second-order valence-electron chi connectivity index (χ2n) is 5.92. The Morgan fingerprint density at radius 2 is 2.22 bits per heavy atom. The van der Waals surface area contributed by atoms with E-state index in [1.807, 2.05) is 6.07 Å². The van der Waals surface area contributed by atoms with E-state index in [4.69, 9.17) is 14.2 Å². The molecule has 0 unspecified atom stereocenters. The van der Waals surface area contributed by atoms with Gasteiger partial charge in [-0.25, -0.2) is 14.8 Å². The Balaban J connectivity index is 1.90. The summed E-state index contributed by atoms with van der Waals surface area (Å²) >= 11 is 0. The number of carbonyl (C=O) groups is 2. The number of esters is 1. The highest BCUT2D eigenvalue weighted by molar-refractivity contribution is 6.26. The van der Waals surface area contributed by atoms with E-state index in [2.05, 4.69) is 15.4 Å². The Kier molecular flexibility index (Phi) is 5.53. The van der Waals surface area contributed by atoms with Gasteiger partial charge in [0, 0.05) is 44.5 Å². The molecule has 1 aliphatic heterocycles. The van der Waals surface area contributed by atoms with Crippen LogP contribution in [0.15, 0.2) is 41.7 Å². The molecule has 2 aromatic rings. The number of ketones is 1. The smallest absolute Gasteiger partial charge is 0.347 e. The Bertz CT molecular complexity index is 929. The predicted octanol–water partition coefficient (Wildman–Crippen LogP) is 0.970. The molecule has 0 saturated heterocycles. The molecule has 0 fully saturated rings. The van der Waals surface area contributed by atoms with Crippen molar-refractivity contribution in [1.29, 1.82) is 0 Å². The summed E-state index contributed by atoms with van der Waals surface area (Å²) in [6.07, 6.45) is 4.95. The molecule has 1 aliphatic rings. The lowest BCUT2D eigenvalue weighted by atomic mass is 10.1. The van der Waals surface area contributed by atoms with Crippen LogP contribution in [0.4, 0.5) is 0 Å². The Morgan fingerprint density at radius 1 is 1.41 bits per heavy atom. The quantitative estimate of drug-likeness (QED) is 0.244. The van der Waals surface area contributed by atoms with Gasteiger partial charge in [0.15, 0.2) is 11.3 Å². The largest absolute Gasteiger partial charge is 0.459 e. The number of nitrogens with one attached hydrogen (secondary N) is 2. The lowest BCUT2D eigenvalue weighted by Gasteiger charge is -2.14. The summed E-state index contributed by atoms with van der Waals surface area (Å²) < 4.78 is 15.5. The molecule has 27 heavy (non-hydrogen) atoms. The third-order valence-electron chi connectivity index (χ3n) is 3.71. The number of H-pyrrole nitrogens is 1. The number of hydrogen-bond acceptors (Lipinski definition) is 8. The van der Waals surface area contributed by atoms with E-state index >= 15 is 0 Å². The normalized spacial score (nSPS) is 15.7. The third-order valence-corrected chi connectivity index (χ3v) is 3.71. The number of carbonyl (C=O) groups excluding carboxylic acids is 2. The van der Waals surface area contributed by atoms with Crippen molar-refractivity contribution in [3.63, 3.8) is 0 Å². The maximum atomic E-state index is 12.8. The Morgan fingerprint density at radius 3 is 2.96 bits per heavy atom. The van der Waals surface area contributed by atoms with Gasteiger partial charge in [-0.15, -0.1) is 0 Å². The van der Waals surface area contributed by atoms with E-state index < -0.39 is 11.8 Å². The van der Waals surface area contributed by atoms with Crippen molar-refractivity contribution in [2.75, 3.05) is 34.4 Å². The lowest BCUT2D eigenvalue weighted by Crippen LogP contribution is -2.31. The first-order valence-corrected chi connectivity index (χ1v) is 8.22. The minimum atomic E-state index is -0.773. The van der Waals surface area contributed by atoms with E-state index in [1.54, 1.807) is 43.6 Å². The summed E-state index contributed by atoms with van der Waals surface area (Å²) in [5.74, 6) is -1.29. The average Bonchev–Trinajstić information content (AvgIpc) is 3.17. The first-order chi connectivity index (χ1) is 13.0. The summed E-state index contributed by atoms with van der Waals surface area (Å²) in [6.45, 7) is 0.268. The van der Waals surface area contributed by atoms with Gasteiger partial charge in [0.05, 0.1) is 6.61 Å². The third kappa shape index (κ3) is 3.99. The fourth-order valence-electron chi connectivity index (χ4n) is 2.52.